The summed E-state index contributed by atoms with van der Waals surface area (Å²) in [6.45, 7) is 1.43. The van der Waals surface area contributed by atoms with Crippen molar-refractivity contribution < 1.29 is 0 Å². The van der Waals surface area contributed by atoms with E-state index in [1.165, 1.54) is 0 Å². The lowest BCUT2D eigenvalue weighted by molar-refractivity contribution is 0.186. The average Bonchev–Trinajstić information content (AvgIpc) is 2.64. The number of fused-ring (bicyclic) bond motifs is 1. The zero-order valence-corrected chi connectivity index (χ0v) is 14.1. The molecule has 0 amide bonds. The van der Waals surface area contributed by atoms with Crippen molar-refractivity contribution >= 4 is 0 Å². The number of hydrogen-bond donors (Lipinski definition) is 1. The van der Waals surface area contributed by atoms with Gasteiger partial charge in [-0.1, -0.05) is 36.4 Å². The molecule has 1 aliphatic heterocycles. The van der Waals surface area contributed by atoms with Gasteiger partial charge in [-0.25, -0.2) is 0 Å². The molecule has 2 atom stereocenters. The Morgan fingerprint density at radius 2 is 1.88 bits per heavy atom. The van der Waals surface area contributed by atoms with Crippen molar-refractivity contribution in [2.24, 2.45) is 23.0 Å². The van der Waals surface area contributed by atoms with E-state index in [-0.39, 0.29) is 17.5 Å². The minimum absolute atomic E-state index is 0.0693. The third kappa shape index (κ3) is 2.58. The van der Waals surface area contributed by atoms with E-state index in [0.717, 1.165) is 17.7 Å². The highest BCUT2D eigenvalue weighted by Crippen LogP contribution is 2.50. The van der Waals surface area contributed by atoms with Crippen molar-refractivity contribution in [3.63, 3.8) is 0 Å². The van der Waals surface area contributed by atoms with Gasteiger partial charge < -0.3 is 10.6 Å². The number of rotatable bonds is 2. The number of nitrogens with two attached hydrogens (primary N) is 1. The Hall–Kier alpha value is -3.07. The topological polar surface area (TPSA) is 101 Å². The molecule has 5 nitrogen and oxygen atoms in total. The first-order valence-electron chi connectivity index (χ1n) is 8.23. The monoisotopic (exact) mass is 329 g/mol. The van der Waals surface area contributed by atoms with Crippen molar-refractivity contribution in [2.45, 2.75) is 6.42 Å². The smallest absolute Gasteiger partial charge is 0.187 e. The van der Waals surface area contributed by atoms with Gasteiger partial charge in [-0.2, -0.15) is 15.8 Å². The Balaban J connectivity index is 2.19. The molecule has 1 heterocycles. The molecule has 0 radical (unpaired) electrons. The van der Waals surface area contributed by atoms with E-state index in [4.69, 9.17) is 5.73 Å². The second-order valence-corrected chi connectivity index (χ2v) is 6.72. The Morgan fingerprint density at radius 1 is 1.20 bits per heavy atom. The number of benzene rings is 1. The van der Waals surface area contributed by atoms with Gasteiger partial charge in [0, 0.05) is 24.9 Å². The van der Waals surface area contributed by atoms with Crippen LogP contribution in [0.15, 0.2) is 53.3 Å². The van der Waals surface area contributed by atoms with Crippen LogP contribution in [0, 0.1) is 51.2 Å². The molecule has 0 spiro atoms. The maximum atomic E-state index is 9.90. The first-order chi connectivity index (χ1) is 12.1. The van der Waals surface area contributed by atoms with Gasteiger partial charge in [0.2, 0.25) is 0 Å². The van der Waals surface area contributed by atoms with Crippen LogP contribution in [0.2, 0.25) is 0 Å². The van der Waals surface area contributed by atoms with Crippen molar-refractivity contribution in [2.75, 3.05) is 20.1 Å². The first kappa shape index (κ1) is 16.8. The summed E-state index contributed by atoms with van der Waals surface area (Å²) >= 11 is 0. The second-order valence-electron chi connectivity index (χ2n) is 6.72. The van der Waals surface area contributed by atoms with Crippen LogP contribution in [0.3, 0.4) is 0 Å². The fraction of sp³-hybridized carbons (Fsp3) is 0.350. The molecular formula is C20H19N5. The lowest BCUT2D eigenvalue weighted by Crippen LogP contribution is -2.49. The SMILES string of the molecule is CN1CC=C2C(C#N)=C(N)C(C#N)(C#N)[C@H](Cc3ccccc3)[C@@H]2C1. The van der Waals surface area contributed by atoms with Crippen LogP contribution < -0.4 is 5.73 Å². The highest BCUT2D eigenvalue weighted by atomic mass is 15.1. The number of nitrogens with zero attached hydrogens (tertiary/aromatic N) is 4. The molecule has 25 heavy (non-hydrogen) atoms. The third-order valence-corrected chi connectivity index (χ3v) is 5.32. The molecule has 0 bridgehead atoms. The zero-order chi connectivity index (χ0) is 18.0. The highest BCUT2D eigenvalue weighted by molar-refractivity contribution is 5.56. The maximum absolute atomic E-state index is 9.90. The molecular weight excluding hydrogens is 310 g/mol. The number of likely N-dealkylation sites (N-methyl/N-ethyl adjacent to an activating group) is 1. The lowest BCUT2D eigenvalue weighted by atomic mass is 9.58. The molecule has 0 saturated heterocycles. The van der Waals surface area contributed by atoms with Crippen molar-refractivity contribution in [1.29, 1.82) is 15.8 Å². The minimum Gasteiger partial charge on any atom is -0.399 e. The number of hydrogen-bond acceptors (Lipinski definition) is 5. The molecule has 2 N–H and O–H groups in total. The van der Waals surface area contributed by atoms with Crippen LogP contribution >= 0.6 is 0 Å². The van der Waals surface area contributed by atoms with Crippen LogP contribution in [0.5, 0.6) is 0 Å². The molecule has 0 fully saturated rings. The zero-order valence-electron chi connectivity index (χ0n) is 14.1. The third-order valence-electron chi connectivity index (χ3n) is 5.32. The molecule has 2 aliphatic rings. The standard InChI is InChI=1S/C20H19N5/c1-25-8-7-15-16(10-21)19(24)20(12-22,13-23)18(17(15)11-25)9-14-5-3-2-4-6-14/h2-7,17-18H,8-9,11,24H2,1H3/t17-,18-/m1/s1. The predicted molar refractivity (Wildman–Crippen MR) is 93.2 cm³/mol. The summed E-state index contributed by atoms with van der Waals surface area (Å²) < 4.78 is 0. The Morgan fingerprint density at radius 3 is 2.48 bits per heavy atom. The molecule has 3 rings (SSSR count). The molecule has 0 unspecified atom stereocenters. The maximum Gasteiger partial charge on any atom is 0.187 e. The number of nitriles is 3. The summed E-state index contributed by atoms with van der Waals surface area (Å²) in [6, 6.07) is 16.3. The summed E-state index contributed by atoms with van der Waals surface area (Å²) in [5.74, 6) is -0.365. The van der Waals surface area contributed by atoms with Gasteiger partial charge in [0.05, 0.1) is 23.4 Å². The summed E-state index contributed by atoms with van der Waals surface area (Å²) in [7, 11) is 2.00. The van der Waals surface area contributed by atoms with Crippen molar-refractivity contribution in [3.8, 4) is 18.2 Å². The fourth-order valence-electron chi connectivity index (χ4n) is 4.00. The van der Waals surface area contributed by atoms with Gasteiger partial charge in [-0.3, -0.25) is 0 Å². The summed E-state index contributed by atoms with van der Waals surface area (Å²) in [6.07, 6.45) is 2.58. The Kier molecular flexibility index (Phi) is 4.32. The molecule has 124 valence electrons. The van der Waals surface area contributed by atoms with Gasteiger partial charge in [0.15, 0.2) is 5.41 Å². The van der Waals surface area contributed by atoms with E-state index in [9.17, 15) is 15.8 Å². The van der Waals surface area contributed by atoms with Crippen LogP contribution in [0.1, 0.15) is 5.56 Å². The van der Waals surface area contributed by atoms with Crippen LogP contribution in [0.25, 0.3) is 0 Å². The quantitative estimate of drug-likeness (QED) is 0.895. The lowest BCUT2D eigenvalue weighted by Gasteiger charge is -2.45. The normalized spacial score (nSPS) is 25.1. The van der Waals surface area contributed by atoms with Crippen LogP contribution in [-0.2, 0) is 6.42 Å². The fourth-order valence-corrected chi connectivity index (χ4v) is 4.00. The van der Waals surface area contributed by atoms with E-state index in [2.05, 4.69) is 23.1 Å². The predicted octanol–water partition coefficient (Wildman–Crippen LogP) is 2.12. The van der Waals surface area contributed by atoms with E-state index in [1.807, 2.05) is 43.5 Å². The average molecular weight is 329 g/mol. The van der Waals surface area contributed by atoms with Gasteiger partial charge in [-0.05, 0) is 24.6 Å². The second kappa shape index (κ2) is 6.44. The van der Waals surface area contributed by atoms with E-state index in [1.54, 1.807) is 0 Å². The highest BCUT2D eigenvalue weighted by Gasteiger charge is 2.53. The van der Waals surface area contributed by atoms with Crippen LogP contribution in [-0.4, -0.2) is 25.0 Å². The van der Waals surface area contributed by atoms with Gasteiger partial charge in [-0.15, -0.1) is 0 Å². The molecule has 5 heteroatoms. The summed E-state index contributed by atoms with van der Waals surface area (Å²) in [4.78, 5) is 2.14. The summed E-state index contributed by atoms with van der Waals surface area (Å²) in [5.41, 5.74) is 7.11. The molecule has 1 aromatic carbocycles. The molecule has 1 aromatic rings. The molecule has 0 aromatic heterocycles. The Bertz CT molecular complexity index is 846. The number of allylic oxidation sites excluding steroid dienone is 2. The summed E-state index contributed by atoms with van der Waals surface area (Å²) in [5, 5.41) is 29.4. The van der Waals surface area contributed by atoms with Gasteiger partial charge in [0.25, 0.3) is 0 Å². The van der Waals surface area contributed by atoms with E-state index in [0.29, 0.717) is 18.5 Å². The van der Waals surface area contributed by atoms with Gasteiger partial charge >= 0.3 is 0 Å². The Labute approximate surface area is 147 Å². The van der Waals surface area contributed by atoms with E-state index >= 15 is 0 Å². The first-order valence-corrected chi connectivity index (χ1v) is 8.23. The van der Waals surface area contributed by atoms with Gasteiger partial charge in [0.1, 0.15) is 6.07 Å². The van der Waals surface area contributed by atoms with Crippen LogP contribution in [0.4, 0.5) is 0 Å². The minimum atomic E-state index is -1.49. The largest absolute Gasteiger partial charge is 0.399 e. The van der Waals surface area contributed by atoms with Crippen molar-refractivity contribution in [3.05, 3.63) is 58.8 Å². The molecule has 0 saturated carbocycles. The van der Waals surface area contributed by atoms with Crippen molar-refractivity contribution in [1.82, 2.24) is 4.90 Å². The van der Waals surface area contributed by atoms with E-state index < -0.39 is 5.41 Å². The molecule has 1 aliphatic carbocycles.